The molecule has 1 amide bonds. The minimum Gasteiger partial charge on any atom is -0.357 e. The van der Waals surface area contributed by atoms with Gasteiger partial charge >= 0.3 is 0 Å². The predicted octanol–water partition coefficient (Wildman–Crippen LogP) is 2.41. The Hall–Kier alpha value is -0.530. The molecule has 0 bridgehead atoms. The van der Waals surface area contributed by atoms with Crippen LogP contribution in [0.5, 0.6) is 0 Å². The molecule has 0 aliphatic heterocycles. The van der Waals surface area contributed by atoms with Gasteiger partial charge in [-0.25, -0.2) is 0 Å². The van der Waals surface area contributed by atoms with Crippen LogP contribution in [0.2, 0.25) is 0 Å². The Morgan fingerprint density at radius 3 is 2.48 bits per heavy atom. The van der Waals surface area contributed by atoms with Gasteiger partial charge in [0, 0.05) is 25.0 Å². The number of hydrogen-bond donors (Lipinski definition) is 3. The highest BCUT2D eigenvalue weighted by Crippen LogP contribution is 2.17. The second-order valence-electron chi connectivity index (χ2n) is 5.71. The number of nitrogens with zero attached hydrogens (tertiary/aromatic N) is 1. The van der Waals surface area contributed by atoms with Gasteiger partial charge in [0.2, 0.25) is 5.91 Å². The van der Waals surface area contributed by atoms with Crippen molar-refractivity contribution in [3.8, 4) is 0 Å². The molecule has 3 N–H and O–H groups in total. The Balaban J connectivity index is 0.00000400. The van der Waals surface area contributed by atoms with E-state index in [0.29, 0.717) is 25.0 Å². The molecule has 21 heavy (non-hydrogen) atoms. The van der Waals surface area contributed by atoms with Crippen LogP contribution in [0.3, 0.4) is 0 Å². The molecular weight excluding hydrogens is 379 g/mol. The van der Waals surface area contributed by atoms with E-state index in [1.165, 1.54) is 19.3 Å². The van der Waals surface area contributed by atoms with E-state index in [-0.39, 0.29) is 29.9 Å². The summed E-state index contributed by atoms with van der Waals surface area (Å²) in [6.07, 6.45) is 6.52. The first-order chi connectivity index (χ1) is 9.61. The van der Waals surface area contributed by atoms with E-state index in [2.05, 4.69) is 34.8 Å². The summed E-state index contributed by atoms with van der Waals surface area (Å²) >= 11 is 0. The largest absolute Gasteiger partial charge is 0.357 e. The quantitative estimate of drug-likeness (QED) is 0.358. The third-order valence-electron chi connectivity index (χ3n) is 3.35. The van der Waals surface area contributed by atoms with Gasteiger partial charge in [0.25, 0.3) is 0 Å². The maximum atomic E-state index is 11.9. The molecule has 1 aliphatic rings. The summed E-state index contributed by atoms with van der Waals surface area (Å²) in [5.41, 5.74) is 0. The molecule has 0 unspecified atom stereocenters. The van der Waals surface area contributed by atoms with Gasteiger partial charge in [-0.3, -0.25) is 9.79 Å². The number of rotatable bonds is 6. The lowest BCUT2D eigenvalue weighted by atomic mass is 9.95. The third-order valence-corrected chi connectivity index (χ3v) is 3.35. The molecule has 5 nitrogen and oxygen atoms in total. The van der Waals surface area contributed by atoms with E-state index >= 15 is 0 Å². The molecule has 0 saturated heterocycles. The smallest absolute Gasteiger partial charge is 0.222 e. The molecule has 0 heterocycles. The summed E-state index contributed by atoms with van der Waals surface area (Å²) in [7, 11) is 0. The average Bonchev–Trinajstić information content (AvgIpc) is 2.39. The monoisotopic (exact) mass is 410 g/mol. The Kier molecular flexibility index (Phi) is 11.8. The highest BCUT2D eigenvalue weighted by atomic mass is 127. The zero-order chi connectivity index (χ0) is 14.8. The normalized spacial score (nSPS) is 16.3. The first kappa shape index (κ1) is 20.5. The first-order valence-electron chi connectivity index (χ1n) is 7.96. The molecule has 0 aromatic heterocycles. The molecule has 1 rings (SSSR count). The standard InChI is InChI=1S/C15H30N4O.HI/c1-4-16-15(18-12(2)3)17-11-10-14(20)19-13-8-6-5-7-9-13;/h12-13H,4-11H2,1-3H3,(H,19,20)(H2,16,17,18);1H. The summed E-state index contributed by atoms with van der Waals surface area (Å²) in [4.78, 5) is 16.3. The van der Waals surface area contributed by atoms with Gasteiger partial charge in [0.1, 0.15) is 0 Å². The second-order valence-corrected chi connectivity index (χ2v) is 5.71. The van der Waals surface area contributed by atoms with Crippen LogP contribution in [0.25, 0.3) is 0 Å². The van der Waals surface area contributed by atoms with E-state index in [1.807, 2.05) is 6.92 Å². The molecule has 0 atom stereocenters. The van der Waals surface area contributed by atoms with Gasteiger partial charge in [-0.1, -0.05) is 19.3 Å². The van der Waals surface area contributed by atoms with Gasteiger partial charge in [0.15, 0.2) is 5.96 Å². The molecule has 1 fully saturated rings. The van der Waals surface area contributed by atoms with Crippen LogP contribution in [0.15, 0.2) is 4.99 Å². The van der Waals surface area contributed by atoms with Crippen molar-refractivity contribution in [2.75, 3.05) is 13.1 Å². The van der Waals surface area contributed by atoms with Crippen molar-refractivity contribution < 1.29 is 4.79 Å². The fraction of sp³-hybridized carbons (Fsp3) is 0.867. The summed E-state index contributed by atoms with van der Waals surface area (Å²) in [6, 6.07) is 0.728. The van der Waals surface area contributed by atoms with E-state index in [1.54, 1.807) is 0 Å². The first-order valence-corrected chi connectivity index (χ1v) is 7.96. The molecule has 1 saturated carbocycles. The van der Waals surface area contributed by atoms with Crippen LogP contribution in [0.1, 0.15) is 59.3 Å². The van der Waals surface area contributed by atoms with Crippen molar-refractivity contribution in [3.63, 3.8) is 0 Å². The zero-order valence-electron chi connectivity index (χ0n) is 13.6. The number of carbonyl (C=O) groups excluding carboxylic acids is 1. The summed E-state index contributed by atoms with van der Waals surface area (Å²) in [5.74, 6) is 0.911. The van der Waals surface area contributed by atoms with Gasteiger partial charge < -0.3 is 16.0 Å². The molecule has 0 aromatic rings. The lowest BCUT2D eigenvalue weighted by Gasteiger charge is -2.22. The molecule has 6 heteroatoms. The third kappa shape index (κ3) is 9.92. The second kappa shape index (κ2) is 12.1. The van der Waals surface area contributed by atoms with Crippen molar-refractivity contribution in [3.05, 3.63) is 0 Å². The van der Waals surface area contributed by atoms with E-state index in [0.717, 1.165) is 25.3 Å². The van der Waals surface area contributed by atoms with Crippen molar-refractivity contribution in [1.29, 1.82) is 0 Å². The number of nitrogens with one attached hydrogen (secondary N) is 3. The Labute approximate surface area is 146 Å². The lowest BCUT2D eigenvalue weighted by molar-refractivity contribution is -0.121. The molecule has 0 radical (unpaired) electrons. The lowest BCUT2D eigenvalue weighted by Crippen LogP contribution is -2.41. The fourth-order valence-corrected chi connectivity index (χ4v) is 2.41. The minimum atomic E-state index is 0. The fourth-order valence-electron chi connectivity index (χ4n) is 2.41. The van der Waals surface area contributed by atoms with Crippen molar-refractivity contribution in [2.45, 2.75) is 71.4 Å². The highest BCUT2D eigenvalue weighted by Gasteiger charge is 2.15. The van der Waals surface area contributed by atoms with Crippen molar-refractivity contribution in [1.82, 2.24) is 16.0 Å². The molecule has 0 spiro atoms. The van der Waals surface area contributed by atoms with Crippen LogP contribution < -0.4 is 16.0 Å². The minimum absolute atomic E-state index is 0. The van der Waals surface area contributed by atoms with Crippen LogP contribution in [-0.2, 0) is 4.79 Å². The van der Waals surface area contributed by atoms with Crippen LogP contribution in [0, 0.1) is 0 Å². The maximum absolute atomic E-state index is 11.9. The summed E-state index contributed by atoms with van der Waals surface area (Å²) in [6.45, 7) is 7.53. The number of aliphatic imine (C=N–C) groups is 1. The summed E-state index contributed by atoms with van der Waals surface area (Å²) < 4.78 is 0. The van der Waals surface area contributed by atoms with Crippen LogP contribution in [0.4, 0.5) is 0 Å². The summed E-state index contributed by atoms with van der Waals surface area (Å²) in [5, 5.41) is 9.54. The van der Waals surface area contributed by atoms with Crippen molar-refractivity contribution in [2.24, 2.45) is 4.99 Å². The van der Waals surface area contributed by atoms with Gasteiger partial charge in [-0.15, -0.1) is 24.0 Å². The highest BCUT2D eigenvalue weighted by molar-refractivity contribution is 14.0. The van der Waals surface area contributed by atoms with Gasteiger partial charge in [-0.2, -0.15) is 0 Å². The number of hydrogen-bond acceptors (Lipinski definition) is 2. The number of halogens is 1. The van der Waals surface area contributed by atoms with Crippen LogP contribution >= 0.6 is 24.0 Å². The topological polar surface area (TPSA) is 65.5 Å². The molecular formula is C15H31IN4O. The number of amides is 1. The van der Waals surface area contributed by atoms with Crippen LogP contribution in [-0.4, -0.2) is 37.0 Å². The van der Waals surface area contributed by atoms with Gasteiger partial charge in [0.05, 0.1) is 6.54 Å². The Morgan fingerprint density at radius 2 is 1.90 bits per heavy atom. The number of guanidine groups is 1. The molecule has 1 aliphatic carbocycles. The van der Waals surface area contributed by atoms with E-state index < -0.39 is 0 Å². The Morgan fingerprint density at radius 1 is 1.24 bits per heavy atom. The van der Waals surface area contributed by atoms with Crippen molar-refractivity contribution >= 4 is 35.8 Å². The van der Waals surface area contributed by atoms with E-state index in [9.17, 15) is 4.79 Å². The molecule has 0 aromatic carbocycles. The molecule has 124 valence electrons. The maximum Gasteiger partial charge on any atom is 0.222 e. The van der Waals surface area contributed by atoms with E-state index in [4.69, 9.17) is 0 Å². The SMILES string of the molecule is CCNC(=NCCC(=O)NC1CCCCC1)NC(C)C.I. The zero-order valence-corrected chi connectivity index (χ0v) is 15.9. The number of carbonyl (C=O) groups is 1. The van der Waals surface area contributed by atoms with Gasteiger partial charge in [-0.05, 0) is 33.6 Å². The predicted molar refractivity (Wildman–Crippen MR) is 99.3 cm³/mol. The average molecular weight is 410 g/mol. The Bertz CT molecular complexity index is 315.